The number of benzene rings is 5. The second-order valence-electron chi connectivity index (χ2n) is 7.00. The summed E-state index contributed by atoms with van der Waals surface area (Å²) in [6.45, 7) is 0. The van der Waals surface area contributed by atoms with E-state index in [4.69, 9.17) is 4.74 Å². The SMILES string of the molecule is COc1ccc(-c2ccc3cc4ccccc4cc3c2-c2ccccc2)cc1. The van der Waals surface area contributed by atoms with Gasteiger partial charge in [0.15, 0.2) is 0 Å². The van der Waals surface area contributed by atoms with Gasteiger partial charge in [0, 0.05) is 0 Å². The number of hydrogen-bond donors (Lipinski definition) is 0. The molecule has 0 amide bonds. The molecular formula is C27H20O. The largest absolute Gasteiger partial charge is 0.497 e. The van der Waals surface area contributed by atoms with E-state index in [2.05, 4.69) is 91.0 Å². The van der Waals surface area contributed by atoms with Gasteiger partial charge in [0.2, 0.25) is 0 Å². The monoisotopic (exact) mass is 360 g/mol. The molecule has 0 fully saturated rings. The van der Waals surface area contributed by atoms with Gasteiger partial charge in [-0.2, -0.15) is 0 Å². The van der Waals surface area contributed by atoms with Crippen molar-refractivity contribution in [3.05, 3.63) is 103 Å². The molecule has 5 aromatic rings. The topological polar surface area (TPSA) is 9.23 Å². The molecule has 0 radical (unpaired) electrons. The number of methoxy groups -OCH3 is 1. The quantitative estimate of drug-likeness (QED) is 0.306. The maximum absolute atomic E-state index is 5.34. The van der Waals surface area contributed by atoms with Gasteiger partial charge < -0.3 is 4.74 Å². The van der Waals surface area contributed by atoms with Crippen molar-refractivity contribution in [3.63, 3.8) is 0 Å². The third-order valence-corrected chi connectivity index (χ3v) is 5.35. The predicted octanol–water partition coefficient (Wildman–Crippen LogP) is 7.34. The van der Waals surface area contributed by atoms with Crippen molar-refractivity contribution in [1.29, 1.82) is 0 Å². The summed E-state index contributed by atoms with van der Waals surface area (Å²) in [5.41, 5.74) is 4.93. The predicted molar refractivity (Wildman–Crippen MR) is 119 cm³/mol. The third kappa shape index (κ3) is 2.82. The molecule has 0 heterocycles. The lowest BCUT2D eigenvalue weighted by Crippen LogP contribution is -1.89. The van der Waals surface area contributed by atoms with E-state index in [1.165, 1.54) is 43.8 Å². The van der Waals surface area contributed by atoms with Gasteiger partial charge in [-0.1, -0.05) is 78.9 Å². The first-order chi connectivity index (χ1) is 13.8. The summed E-state index contributed by atoms with van der Waals surface area (Å²) in [5, 5.41) is 5.07. The molecule has 0 spiro atoms. The van der Waals surface area contributed by atoms with Crippen LogP contribution in [-0.2, 0) is 0 Å². The zero-order valence-electron chi connectivity index (χ0n) is 15.7. The maximum Gasteiger partial charge on any atom is 0.118 e. The van der Waals surface area contributed by atoms with Gasteiger partial charge in [0.05, 0.1) is 7.11 Å². The number of ether oxygens (including phenoxy) is 1. The minimum atomic E-state index is 0.872. The summed E-state index contributed by atoms with van der Waals surface area (Å²) in [5.74, 6) is 0.872. The van der Waals surface area contributed by atoms with Crippen LogP contribution in [0, 0.1) is 0 Å². The van der Waals surface area contributed by atoms with E-state index in [1.54, 1.807) is 7.11 Å². The molecule has 0 saturated heterocycles. The van der Waals surface area contributed by atoms with E-state index in [0.717, 1.165) is 5.75 Å². The lowest BCUT2D eigenvalue weighted by Gasteiger charge is -2.15. The van der Waals surface area contributed by atoms with Crippen LogP contribution in [0.25, 0.3) is 43.8 Å². The molecule has 0 aromatic heterocycles. The first kappa shape index (κ1) is 16.6. The Morgan fingerprint density at radius 1 is 0.536 bits per heavy atom. The zero-order chi connectivity index (χ0) is 18.9. The maximum atomic E-state index is 5.34. The summed E-state index contributed by atoms with van der Waals surface area (Å²) >= 11 is 0. The molecule has 134 valence electrons. The van der Waals surface area contributed by atoms with E-state index in [1.807, 2.05) is 12.1 Å². The molecule has 0 bridgehead atoms. The molecule has 0 aliphatic rings. The number of fused-ring (bicyclic) bond motifs is 2. The normalized spacial score (nSPS) is 11.0. The molecular weight excluding hydrogens is 340 g/mol. The lowest BCUT2D eigenvalue weighted by molar-refractivity contribution is 0.415. The summed E-state index contributed by atoms with van der Waals surface area (Å²) in [6, 6.07) is 36.6. The smallest absolute Gasteiger partial charge is 0.118 e. The van der Waals surface area contributed by atoms with Crippen molar-refractivity contribution in [1.82, 2.24) is 0 Å². The van der Waals surface area contributed by atoms with E-state index >= 15 is 0 Å². The Morgan fingerprint density at radius 2 is 1.21 bits per heavy atom. The average molecular weight is 360 g/mol. The molecule has 0 atom stereocenters. The van der Waals surface area contributed by atoms with Crippen molar-refractivity contribution in [3.8, 4) is 28.0 Å². The fourth-order valence-corrected chi connectivity index (χ4v) is 3.94. The molecule has 0 aliphatic heterocycles. The highest BCUT2D eigenvalue weighted by atomic mass is 16.5. The Hall–Kier alpha value is -3.58. The van der Waals surface area contributed by atoms with Crippen molar-refractivity contribution in [2.24, 2.45) is 0 Å². The van der Waals surface area contributed by atoms with Crippen LogP contribution in [0.15, 0.2) is 103 Å². The summed E-state index contributed by atoms with van der Waals surface area (Å²) in [6.07, 6.45) is 0. The molecule has 5 rings (SSSR count). The fourth-order valence-electron chi connectivity index (χ4n) is 3.94. The molecule has 5 aromatic carbocycles. The van der Waals surface area contributed by atoms with E-state index in [-0.39, 0.29) is 0 Å². The second-order valence-corrected chi connectivity index (χ2v) is 7.00. The molecule has 0 aliphatic carbocycles. The van der Waals surface area contributed by atoms with Crippen LogP contribution >= 0.6 is 0 Å². The van der Waals surface area contributed by atoms with Crippen LogP contribution < -0.4 is 4.74 Å². The van der Waals surface area contributed by atoms with Gasteiger partial charge in [-0.15, -0.1) is 0 Å². The fraction of sp³-hybridized carbons (Fsp3) is 0.0370. The van der Waals surface area contributed by atoms with E-state index in [0.29, 0.717) is 0 Å². The highest BCUT2D eigenvalue weighted by molar-refractivity contribution is 6.09. The van der Waals surface area contributed by atoms with E-state index < -0.39 is 0 Å². The van der Waals surface area contributed by atoms with Crippen molar-refractivity contribution < 1.29 is 4.74 Å². The highest BCUT2D eigenvalue weighted by Gasteiger charge is 2.13. The van der Waals surface area contributed by atoms with Crippen LogP contribution in [-0.4, -0.2) is 7.11 Å². The minimum absolute atomic E-state index is 0.872. The van der Waals surface area contributed by atoms with Gasteiger partial charge in [-0.3, -0.25) is 0 Å². The van der Waals surface area contributed by atoms with Crippen LogP contribution in [0.3, 0.4) is 0 Å². The third-order valence-electron chi connectivity index (χ3n) is 5.35. The van der Waals surface area contributed by atoms with Gasteiger partial charge in [-0.05, 0) is 68.1 Å². The number of rotatable bonds is 3. The molecule has 1 nitrogen and oxygen atoms in total. The first-order valence-electron chi connectivity index (χ1n) is 9.49. The molecule has 0 N–H and O–H groups in total. The van der Waals surface area contributed by atoms with Gasteiger partial charge >= 0.3 is 0 Å². The summed E-state index contributed by atoms with van der Waals surface area (Å²) < 4.78 is 5.34. The summed E-state index contributed by atoms with van der Waals surface area (Å²) in [7, 11) is 1.70. The Kier molecular flexibility index (Phi) is 4.06. The second kappa shape index (κ2) is 6.86. The van der Waals surface area contributed by atoms with Gasteiger partial charge in [0.1, 0.15) is 5.75 Å². The van der Waals surface area contributed by atoms with Crippen LogP contribution in [0.5, 0.6) is 5.75 Å². The Morgan fingerprint density at radius 3 is 1.93 bits per heavy atom. The number of hydrogen-bond acceptors (Lipinski definition) is 1. The highest BCUT2D eigenvalue weighted by Crippen LogP contribution is 2.39. The lowest BCUT2D eigenvalue weighted by atomic mass is 9.88. The minimum Gasteiger partial charge on any atom is -0.497 e. The summed E-state index contributed by atoms with van der Waals surface area (Å²) in [4.78, 5) is 0. The van der Waals surface area contributed by atoms with Crippen LogP contribution in [0.2, 0.25) is 0 Å². The van der Waals surface area contributed by atoms with Crippen LogP contribution in [0.1, 0.15) is 0 Å². The van der Waals surface area contributed by atoms with E-state index in [9.17, 15) is 0 Å². The van der Waals surface area contributed by atoms with Crippen molar-refractivity contribution in [2.75, 3.05) is 7.11 Å². The molecule has 0 saturated carbocycles. The zero-order valence-corrected chi connectivity index (χ0v) is 15.7. The molecule has 0 unspecified atom stereocenters. The van der Waals surface area contributed by atoms with Crippen LogP contribution in [0.4, 0.5) is 0 Å². The Labute approximate surface area is 164 Å². The first-order valence-corrected chi connectivity index (χ1v) is 9.49. The average Bonchev–Trinajstić information content (AvgIpc) is 2.77. The van der Waals surface area contributed by atoms with Crippen molar-refractivity contribution in [2.45, 2.75) is 0 Å². The Balaban J connectivity index is 1.85. The standard InChI is InChI=1S/C27H20O/c1-28-24-14-11-19(12-15-24)25-16-13-23-17-21-9-5-6-10-22(21)18-26(23)27(25)20-7-3-2-4-8-20/h2-18H,1H3. The van der Waals surface area contributed by atoms with Gasteiger partial charge in [-0.25, -0.2) is 0 Å². The Bertz CT molecular complexity index is 1270. The van der Waals surface area contributed by atoms with Crippen molar-refractivity contribution >= 4 is 21.5 Å². The molecule has 1 heteroatoms. The van der Waals surface area contributed by atoms with Gasteiger partial charge in [0.25, 0.3) is 0 Å². The molecule has 28 heavy (non-hydrogen) atoms.